The molecule has 1 aromatic rings. The van der Waals surface area contributed by atoms with Gasteiger partial charge in [-0.15, -0.1) is 0 Å². The minimum Gasteiger partial charge on any atom is -0.497 e. The molecule has 15 heavy (non-hydrogen) atoms. The molecule has 0 aromatic heterocycles. The first-order valence-electron chi connectivity index (χ1n) is 4.58. The molecule has 4 nitrogen and oxygen atoms in total. The minimum absolute atomic E-state index is 0.276. The summed E-state index contributed by atoms with van der Waals surface area (Å²) in [5.41, 5.74) is 0.438. The van der Waals surface area contributed by atoms with Gasteiger partial charge in [-0.25, -0.2) is 9.18 Å². The van der Waals surface area contributed by atoms with Gasteiger partial charge in [-0.05, 0) is 18.2 Å². The number of ether oxygens (including phenoxy) is 1. The van der Waals surface area contributed by atoms with Gasteiger partial charge < -0.3 is 15.4 Å². The lowest BCUT2D eigenvalue weighted by Gasteiger charge is -2.11. The van der Waals surface area contributed by atoms with E-state index in [2.05, 4.69) is 10.6 Å². The van der Waals surface area contributed by atoms with Crippen molar-refractivity contribution in [3.05, 3.63) is 29.6 Å². The van der Waals surface area contributed by atoms with Crippen molar-refractivity contribution in [3.63, 3.8) is 0 Å². The van der Waals surface area contributed by atoms with Crippen molar-refractivity contribution < 1.29 is 13.9 Å². The Balaban J connectivity index is 2.30. The maximum absolute atomic E-state index is 13.5. The van der Waals surface area contributed by atoms with Crippen molar-refractivity contribution in [1.29, 1.82) is 0 Å². The Kier molecular flexibility index (Phi) is 2.45. The lowest BCUT2D eigenvalue weighted by atomic mass is 10.1. The van der Waals surface area contributed by atoms with Gasteiger partial charge in [0.05, 0.1) is 13.2 Å². The molecular weight excluding hydrogens is 199 g/mol. The van der Waals surface area contributed by atoms with E-state index in [0.717, 1.165) is 0 Å². The smallest absolute Gasteiger partial charge is 0.315 e. The number of hydrogen-bond donors (Lipinski definition) is 2. The average Bonchev–Trinajstić information content (AvgIpc) is 2.65. The number of nitrogens with one attached hydrogen (secondary N) is 2. The number of amides is 2. The molecule has 0 saturated carbocycles. The second kappa shape index (κ2) is 3.76. The van der Waals surface area contributed by atoms with Gasteiger partial charge in [-0.1, -0.05) is 0 Å². The summed E-state index contributed by atoms with van der Waals surface area (Å²) >= 11 is 0. The summed E-state index contributed by atoms with van der Waals surface area (Å²) in [4.78, 5) is 10.9. The number of methoxy groups -OCH3 is 1. The van der Waals surface area contributed by atoms with Gasteiger partial charge in [0.2, 0.25) is 0 Å². The van der Waals surface area contributed by atoms with E-state index >= 15 is 0 Å². The second-order valence-corrected chi connectivity index (χ2v) is 3.29. The number of carbonyl (C=O) groups is 1. The quantitative estimate of drug-likeness (QED) is 0.770. The molecule has 0 unspecified atom stereocenters. The molecule has 1 heterocycles. The zero-order chi connectivity index (χ0) is 10.8. The third kappa shape index (κ3) is 1.86. The van der Waals surface area contributed by atoms with Gasteiger partial charge in [-0.2, -0.15) is 0 Å². The molecule has 5 heteroatoms. The predicted octanol–water partition coefficient (Wildman–Crippen LogP) is 1.19. The van der Waals surface area contributed by atoms with E-state index in [9.17, 15) is 9.18 Å². The summed E-state index contributed by atoms with van der Waals surface area (Å²) < 4.78 is 18.4. The van der Waals surface area contributed by atoms with Crippen LogP contribution in [-0.4, -0.2) is 19.7 Å². The maximum atomic E-state index is 13.5. The molecule has 1 fully saturated rings. The number of hydrogen-bond acceptors (Lipinski definition) is 2. The zero-order valence-corrected chi connectivity index (χ0v) is 8.21. The van der Waals surface area contributed by atoms with E-state index in [1.807, 2.05) is 0 Å². The van der Waals surface area contributed by atoms with Crippen LogP contribution in [0.4, 0.5) is 9.18 Å². The number of benzene rings is 1. The number of halogens is 1. The molecule has 1 aliphatic rings. The van der Waals surface area contributed by atoms with E-state index in [4.69, 9.17) is 4.74 Å². The first-order valence-corrected chi connectivity index (χ1v) is 4.58. The Labute approximate surface area is 86.4 Å². The van der Waals surface area contributed by atoms with Crippen LogP contribution in [0.5, 0.6) is 5.75 Å². The highest BCUT2D eigenvalue weighted by molar-refractivity contribution is 5.76. The van der Waals surface area contributed by atoms with Crippen LogP contribution >= 0.6 is 0 Å². The third-order valence-electron chi connectivity index (χ3n) is 2.35. The molecule has 1 atom stereocenters. The van der Waals surface area contributed by atoms with Gasteiger partial charge in [0.15, 0.2) is 0 Å². The fraction of sp³-hybridized carbons (Fsp3) is 0.300. The van der Waals surface area contributed by atoms with Crippen molar-refractivity contribution in [1.82, 2.24) is 10.6 Å². The van der Waals surface area contributed by atoms with Crippen molar-refractivity contribution in [2.45, 2.75) is 6.04 Å². The normalized spacial score (nSPS) is 19.6. The molecular formula is C10H11FN2O2. The summed E-state index contributed by atoms with van der Waals surface area (Å²) in [6, 6.07) is 3.87. The number of urea groups is 1. The Bertz CT molecular complexity index is 395. The predicted molar refractivity (Wildman–Crippen MR) is 52.2 cm³/mol. The van der Waals surface area contributed by atoms with Crippen LogP contribution in [0.2, 0.25) is 0 Å². The molecule has 1 saturated heterocycles. The molecule has 0 aliphatic carbocycles. The van der Waals surface area contributed by atoms with Crippen LogP contribution in [0.3, 0.4) is 0 Å². The number of rotatable bonds is 2. The summed E-state index contributed by atoms with van der Waals surface area (Å²) in [5.74, 6) is 0.234. The highest BCUT2D eigenvalue weighted by Crippen LogP contribution is 2.23. The van der Waals surface area contributed by atoms with Crippen molar-refractivity contribution in [2.24, 2.45) is 0 Å². The molecule has 80 valence electrons. The second-order valence-electron chi connectivity index (χ2n) is 3.29. The van der Waals surface area contributed by atoms with Crippen molar-refractivity contribution in [2.75, 3.05) is 13.7 Å². The largest absolute Gasteiger partial charge is 0.497 e. The van der Waals surface area contributed by atoms with Crippen LogP contribution in [0.1, 0.15) is 11.6 Å². The average molecular weight is 210 g/mol. The lowest BCUT2D eigenvalue weighted by molar-refractivity contribution is 0.247. The highest BCUT2D eigenvalue weighted by atomic mass is 19.1. The Hall–Kier alpha value is -1.78. The monoisotopic (exact) mass is 210 g/mol. The Morgan fingerprint density at radius 2 is 2.33 bits per heavy atom. The lowest BCUT2D eigenvalue weighted by Crippen LogP contribution is -2.22. The van der Waals surface area contributed by atoms with Gasteiger partial charge in [0.1, 0.15) is 11.6 Å². The van der Waals surface area contributed by atoms with Crippen LogP contribution in [-0.2, 0) is 0 Å². The summed E-state index contributed by atoms with van der Waals surface area (Å²) in [6.45, 7) is 0.392. The molecule has 1 aromatic carbocycles. The Morgan fingerprint density at radius 1 is 1.53 bits per heavy atom. The molecule has 0 bridgehead atoms. The summed E-state index contributed by atoms with van der Waals surface area (Å²) in [6.07, 6.45) is 0. The topological polar surface area (TPSA) is 50.4 Å². The third-order valence-corrected chi connectivity index (χ3v) is 2.35. The van der Waals surface area contributed by atoms with Crippen molar-refractivity contribution in [3.8, 4) is 5.75 Å². The molecule has 0 radical (unpaired) electrons. The fourth-order valence-electron chi connectivity index (χ4n) is 1.56. The summed E-state index contributed by atoms with van der Waals surface area (Å²) in [5, 5.41) is 5.19. The van der Waals surface area contributed by atoms with Gasteiger partial charge in [-0.3, -0.25) is 0 Å². The van der Waals surface area contributed by atoms with Crippen LogP contribution < -0.4 is 15.4 Å². The number of carbonyl (C=O) groups excluding carboxylic acids is 1. The molecule has 2 N–H and O–H groups in total. The first kappa shape index (κ1) is 9.76. The summed E-state index contributed by atoms with van der Waals surface area (Å²) in [7, 11) is 1.52. The van der Waals surface area contributed by atoms with Crippen LogP contribution in [0.15, 0.2) is 18.2 Å². The first-order chi connectivity index (χ1) is 7.20. The standard InChI is InChI=1S/C10H11FN2O2/c1-15-6-2-3-8(11)7(4-6)9-5-12-10(14)13-9/h2-4,9H,5H2,1H3,(H2,12,13,14)/t9-/m0/s1. The van der Waals surface area contributed by atoms with Gasteiger partial charge >= 0.3 is 6.03 Å². The Morgan fingerprint density at radius 3 is 2.93 bits per heavy atom. The molecule has 1 aliphatic heterocycles. The highest BCUT2D eigenvalue weighted by Gasteiger charge is 2.24. The molecule has 2 rings (SSSR count). The molecule has 2 amide bonds. The van der Waals surface area contributed by atoms with Crippen molar-refractivity contribution >= 4 is 6.03 Å². The van der Waals surface area contributed by atoms with Crippen LogP contribution in [0, 0.1) is 5.82 Å². The van der Waals surface area contributed by atoms with Gasteiger partial charge in [0, 0.05) is 12.1 Å². The zero-order valence-electron chi connectivity index (χ0n) is 8.21. The van der Waals surface area contributed by atoms with Gasteiger partial charge in [0.25, 0.3) is 0 Å². The minimum atomic E-state index is -0.343. The fourth-order valence-corrected chi connectivity index (χ4v) is 1.56. The van der Waals surface area contributed by atoms with Crippen LogP contribution in [0.25, 0.3) is 0 Å². The van der Waals surface area contributed by atoms with E-state index in [1.165, 1.54) is 13.2 Å². The SMILES string of the molecule is COc1ccc(F)c([C@@H]2CNC(=O)N2)c1. The van der Waals surface area contributed by atoms with E-state index in [1.54, 1.807) is 12.1 Å². The molecule has 0 spiro atoms. The van der Waals surface area contributed by atoms with E-state index in [-0.39, 0.29) is 17.9 Å². The van der Waals surface area contributed by atoms with E-state index < -0.39 is 0 Å². The van der Waals surface area contributed by atoms with E-state index in [0.29, 0.717) is 17.9 Å². The maximum Gasteiger partial charge on any atom is 0.315 e.